The minimum absolute atomic E-state index is 0.307. The van der Waals surface area contributed by atoms with E-state index in [1.54, 1.807) is 19.1 Å². The highest BCUT2D eigenvalue weighted by atomic mass is 79.9. The van der Waals surface area contributed by atoms with E-state index in [0.717, 1.165) is 15.6 Å². The van der Waals surface area contributed by atoms with Crippen LogP contribution in [0.1, 0.15) is 28.4 Å². The molecule has 1 aromatic heterocycles. The van der Waals surface area contributed by atoms with Gasteiger partial charge >= 0.3 is 6.09 Å². The zero-order valence-electron chi connectivity index (χ0n) is 14.4. The number of nitriles is 1. The smallest absolute Gasteiger partial charge is 0.405 e. The van der Waals surface area contributed by atoms with Crippen molar-refractivity contribution < 1.29 is 14.4 Å². The van der Waals surface area contributed by atoms with Crippen LogP contribution in [0.25, 0.3) is 11.3 Å². The Labute approximate surface area is 164 Å². The van der Waals surface area contributed by atoms with Gasteiger partial charge < -0.3 is 14.9 Å². The van der Waals surface area contributed by atoms with Crippen LogP contribution in [0.5, 0.6) is 0 Å². The van der Waals surface area contributed by atoms with E-state index in [9.17, 15) is 15.2 Å². The fourth-order valence-electron chi connectivity index (χ4n) is 3.00. The molecule has 1 heterocycles. The van der Waals surface area contributed by atoms with Crippen LogP contribution in [-0.4, -0.2) is 16.4 Å². The lowest BCUT2D eigenvalue weighted by atomic mass is 9.93. The quantitative estimate of drug-likeness (QED) is 0.609. The third kappa shape index (κ3) is 4.18. The van der Waals surface area contributed by atoms with Crippen molar-refractivity contribution in [2.75, 3.05) is 0 Å². The van der Waals surface area contributed by atoms with Crippen LogP contribution in [0.2, 0.25) is 0 Å². The van der Waals surface area contributed by atoms with Gasteiger partial charge in [-0.2, -0.15) is 5.26 Å². The molecule has 0 aliphatic rings. The Hall–Kier alpha value is -3.11. The molecule has 0 aliphatic carbocycles. The van der Waals surface area contributed by atoms with E-state index in [-0.39, 0.29) is 0 Å². The van der Waals surface area contributed by atoms with Gasteiger partial charge in [-0.15, -0.1) is 0 Å². The Morgan fingerprint density at radius 2 is 2.00 bits per heavy atom. The summed E-state index contributed by atoms with van der Waals surface area (Å²) in [6.45, 7) is 1.77. The Balaban J connectivity index is 2.06. The summed E-state index contributed by atoms with van der Waals surface area (Å²) in [7, 11) is 0. The topological polar surface area (TPSA) is 99.2 Å². The predicted octanol–water partition coefficient (Wildman–Crippen LogP) is 4.84. The van der Waals surface area contributed by atoms with Crippen LogP contribution in [-0.2, 0) is 6.42 Å². The molecule has 0 fully saturated rings. The third-order valence-corrected chi connectivity index (χ3v) is 4.75. The number of carbonyl (C=O) groups is 1. The standard InChI is InChI=1S/C20H16BrN3O3/c1-12-18(19(27-24-12)13-6-8-16(21)9-7-13)17(23-20(25)26)10-14-4-2-3-5-15(14)11-22/h2-9,17,23H,10H2,1H3,(H,25,26)/t17-/m1/s1. The van der Waals surface area contributed by atoms with E-state index in [0.29, 0.717) is 29.0 Å². The van der Waals surface area contributed by atoms with Crippen molar-refractivity contribution in [1.29, 1.82) is 5.26 Å². The van der Waals surface area contributed by atoms with E-state index in [2.05, 4.69) is 32.5 Å². The summed E-state index contributed by atoms with van der Waals surface area (Å²) in [4.78, 5) is 11.4. The molecule has 136 valence electrons. The third-order valence-electron chi connectivity index (χ3n) is 4.22. The molecule has 1 atom stereocenters. The van der Waals surface area contributed by atoms with Crippen molar-refractivity contribution in [3.63, 3.8) is 0 Å². The van der Waals surface area contributed by atoms with Crippen LogP contribution < -0.4 is 5.32 Å². The van der Waals surface area contributed by atoms with E-state index < -0.39 is 12.1 Å². The first-order valence-corrected chi connectivity index (χ1v) is 8.98. The van der Waals surface area contributed by atoms with Crippen LogP contribution in [0.15, 0.2) is 57.5 Å². The second-order valence-corrected chi connectivity index (χ2v) is 6.91. The predicted molar refractivity (Wildman–Crippen MR) is 103 cm³/mol. The first-order chi connectivity index (χ1) is 13.0. The van der Waals surface area contributed by atoms with E-state index >= 15 is 0 Å². The lowest BCUT2D eigenvalue weighted by molar-refractivity contribution is 0.190. The molecule has 0 saturated carbocycles. The minimum atomic E-state index is -1.16. The molecule has 0 aliphatic heterocycles. The molecule has 0 bridgehead atoms. The second kappa shape index (κ2) is 8.06. The fourth-order valence-corrected chi connectivity index (χ4v) is 3.26. The normalized spacial score (nSPS) is 11.6. The Kier molecular flexibility index (Phi) is 5.57. The van der Waals surface area contributed by atoms with Crippen LogP contribution in [0, 0.1) is 18.3 Å². The van der Waals surface area contributed by atoms with Gasteiger partial charge in [0.15, 0.2) is 5.76 Å². The minimum Gasteiger partial charge on any atom is -0.465 e. The van der Waals surface area contributed by atoms with Gasteiger partial charge in [0.05, 0.1) is 23.4 Å². The van der Waals surface area contributed by atoms with Gasteiger partial charge in [0, 0.05) is 15.6 Å². The number of aromatic nitrogens is 1. The van der Waals surface area contributed by atoms with E-state index in [4.69, 9.17) is 4.52 Å². The second-order valence-electron chi connectivity index (χ2n) is 5.99. The summed E-state index contributed by atoms with van der Waals surface area (Å²) in [5.41, 5.74) is 3.31. The average Bonchev–Trinajstić information content (AvgIpc) is 3.03. The number of hydrogen-bond acceptors (Lipinski definition) is 4. The molecule has 6 nitrogen and oxygen atoms in total. The maximum absolute atomic E-state index is 11.4. The number of amides is 1. The highest BCUT2D eigenvalue weighted by molar-refractivity contribution is 9.10. The van der Waals surface area contributed by atoms with Gasteiger partial charge in [0.25, 0.3) is 0 Å². The van der Waals surface area contributed by atoms with Gasteiger partial charge in [-0.25, -0.2) is 4.79 Å². The van der Waals surface area contributed by atoms with Crippen molar-refractivity contribution >= 4 is 22.0 Å². The molecule has 3 rings (SSSR count). The maximum Gasteiger partial charge on any atom is 0.405 e. The Bertz CT molecular complexity index is 1010. The largest absolute Gasteiger partial charge is 0.465 e. The number of carboxylic acid groups (broad SMARTS) is 1. The number of halogens is 1. The summed E-state index contributed by atoms with van der Waals surface area (Å²) >= 11 is 3.40. The molecule has 2 N–H and O–H groups in total. The van der Waals surface area contributed by atoms with Crippen LogP contribution in [0.4, 0.5) is 4.79 Å². The zero-order valence-corrected chi connectivity index (χ0v) is 16.0. The molecule has 0 saturated heterocycles. The highest BCUT2D eigenvalue weighted by Gasteiger charge is 2.26. The first-order valence-electron chi connectivity index (χ1n) is 8.19. The fraction of sp³-hybridized carbons (Fsp3) is 0.150. The number of rotatable bonds is 5. The van der Waals surface area contributed by atoms with Crippen molar-refractivity contribution in [3.8, 4) is 17.4 Å². The Morgan fingerprint density at radius 3 is 2.67 bits per heavy atom. The molecular formula is C20H16BrN3O3. The lowest BCUT2D eigenvalue weighted by Gasteiger charge is -2.18. The van der Waals surface area contributed by atoms with Gasteiger partial charge in [0.1, 0.15) is 0 Å². The van der Waals surface area contributed by atoms with Crippen molar-refractivity contribution in [2.45, 2.75) is 19.4 Å². The zero-order chi connectivity index (χ0) is 19.4. The van der Waals surface area contributed by atoms with Crippen molar-refractivity contribution in [3.05, 3.63) is 75.4 Å². The first kappa shape index (κ1) is 18.7. The summed E-state index contributed by atoms with van der Waals surface area (Å²) in [6, 6.07) is 16.2. The van der Waals surface area contributed by atoms with E-state index in [1.165, 1.54) is 0 Å². The molecule has 2 aromatic carbocycles. The number of nitrogens with zero attached hydrogens (tertiary/aromatic N) is 2. The molecule has 0 unspecified atom stereocenters. The highest BCUT2D eigenvalue weighted by Crippen LogP contribution is 2.33. The van der Waals surface area contributed by atoms with Crippen LogP contribution in [0.3, 0.4) is 0 Å². The monoisotopic (exact) mass is 425 g/mol. The SMILES string of the molecule is Cc1noc(-c2ccc(Br)cc2)c1[C@@H](Cc1ccccc1C#N)NC(=O)O. The summed E-state index contributed by atoms with van der Waals surface area (Å²) < 4.78 is 6.44. The number of hydrogen-bond donors (Lipinski definition) is 2. The van der Waals surface area contributed by atoms with Crippen molar-refractivity contribution in [1.82, 2.24) is 10.5 Å². The van der Waals surface area contributed by atoms with Gasteiger partial charge in [-0.3, -0.25) is 0 Å². The molecule has 0 spiro atoms. The maximum atomic E-state index is 11.4. The lowest BCUT2D eigenvalue weighted by Crippen LogP contribution is -2.29. The summed E-state index contributed by atoms with van der Waals surface area (Å²) in [6.07, 6.45) is -0.849. The summed E-state index contributed by atoms with van der Waals surface area (Å²) in [5, 5.41) is 25.3. The van der Waals surface area contributed by atoms with Crippen LogP contribution >= 0.6 is 15.9 Å². The van der Waals surface area contributed by atoms with Gasteiger partial charge in [-0.05, 0) is 37.1 Å². The molecule has 7 heteroatoms. The van der Waals surface area contributed by atoms with Crippen molar-refractivity contribution in [2.24, 2.45) is 0 Å². The molecule has 27 heavy (non-hydrogen) atoms. The van der Waals surface area contributed by atoms with E-state index in [1.807, 2.05) is 36.4 Å². The molecular weight excluding hydrogens is 410 g/mol. The summed E-state index contributed by atoms with van der Waals surface area (Å²) in [5.74, 6) is 0.508. The molecule has 3 aromatic rings. The van der Waals surface area contributed by atoms with Gasteiger partial charge in [0.2, 0.25) is 0 Å². The number of nitrogens with one attached hydrogen (secondary N) is 1. The average molecular weight is 426 g/mol. The van der Waals surface area contributed by atoms with Gasteiger partial charge in [-0.1, -0.05) is 51.4 Å². The number of aryl methyl sites for hydroxylation is 1. The number of benzene rings is 2. The Morgan fingerprint density at radius 1 is 1.30 bits per heavy atom. The molecule has 1 amide bonds. The molecule has 0 radical (unpaired) electrons.